The van der Waals surface area contributed by atoms with Gasteiger partial charge < -0.3 is 14.7 Å². The predicted molar refractivity (Wildman–Crippen MR) is 155 cm³/mol. The van der Waals surface area contributed by atoms with Crippen molar-refractivity contribution >= 4 is 11.0 Å². The molecule has 2 aliphatic heterocycles. The number of aliphatic hydroxyl groups is 1. The molecule has 0 bridgehead atoms. The second-order valence-electron chi connectivity index (χ2n) is 11.6. The largest absolute Gasteiger partial charge is 0.490 e. The van der Waals surface area contributed by atoms with Gasteiger partial charge in [-0.1, -0.05) is 29.8 Å². The minimum atomic E-state index is -0.950. The quantitative estimate of drug-likeness (QED) is 0.383. The summed E-state index contributed by atoms with van der Waals surface area (Å²) < 4.78 is 9.40. The van der Waals surface area contributed by atoms with Crippen molar-refractivity contribution in [3.8, 4) is 11.4 Å². The lowest BCUT2D eigenvalue weighted by molar-refractivity contribution is -0.0364. The SMILES string of the molecule is Cc1ccc(-n2ncc3c(=O)n(CC4(O)CCN(Cc5ccc(OC6CCN(C)CC6)cc5)CC4)cnc32)cc1. The Hall–Kier alpha value is -3.53. The highest BCUT2D eigenvalue weighted by atomic mass is 16.5. The molecular weight excluding hydrogens is 504 g/mol. The van der Waals surface area contributed by atoms with Crippen molar-refractivity contribution < 1.29 is 9.84 Å². The van der Waals surface area contributed by atoms with E-state index in [1.807, 2.05) is 31.2 Å². The standard InChI is InChI=1S/C31H38N6O3/c1-23-3-7-25(8-4-23)37-29-28(19-33-37)30(38)36(22-32-29)21-31(39)13-17-35(18-14-31)20-24-5-9-26(10-6-24)40-27-11-15-34(2)16-12-27/h3-10,19,22,27,39H,11-18,20-21H2,1-2H3. The number of fused-ring (bicyclic) bond motifs is 1. The minimum absolute atomic E-state index is 0.179. The molecule has 2 aromatic heterocycles. The Balaban J connectivity index is 1.05. The molecule has 2 fully saturated rings. The number of aryl methyl sites for hydroxylation is 1. The normalized spacial score (nSPS) is 18.8. The van der Waals surface area contributed by atoms with Crippen molar-refractivity contribution in [1.29, 1.82) is 0 Å². The lowest BCUT2D eigenvalue weighted by Crippen LogP contribution is -2.47. The molecule has 9 heteroatoms. The van der Waals surface area contributed by atoms with Crippen molar-refractivity contribution in [2.24, 2.45) is 0 Å². The summed E-state index contributed by atoms with van der Waals surface area (Å²) >= 11 is 0. The van der Waals surface area contributed by atoms with E-state index in [0.29, 0.717) is 30.0 Å². The molecular formula is C31H38N6O3. The molecule has 0 saturated carbocycles. The van der Waals surface area contributed by atoms with Gasteiger partial charge in [0.15, 0.2) is 5.65 Å². The van der Waals surface area contributed by atoms with Crippen LogP contribution in [0.1, 0.15) is 36.8 Å². The molecule has 0 unspecified atom stereocenters. The first-order valence-electron chi connectivity index (χ1n) is 14.2. The Bertz CT molecular complexity index is 1500. The second kappa shape index (κ2) is 11.2. The fourth-order valence-electron chi connectivity index (χ4n) is 5.77. The monoisotopic (exact) mass is 542 g/mol. The van der Waals surface area contributed by atoms with E-state index >= 15 is 0 Å². The first-order valence-corrected chi connectivity index (χ1v) is 14.2. The summed E-state index contributed by atoms with van der Waals surface area (Å²) in [5.74, 6) is 0.937. The molecule has 40 heavy (non-hydrogen) atoms. The van der Waals surface area contributed by atoms with Crippen LogP contribution in [0.25, 0.3) is 16.7 Å². The highest BCUT2D eigenvalue weighted by Crippen LogP contribution is 2.26. The lowest BCUT2D eigenvalue weighted by atomic mass is 9.91. The van der Waals surface area contributed by atoms with Gasteiger partial charge in [0.25, 0.3) is 5.56 Å². The highest BCUT2D eigenvalue weighted by Gasteiger charge is 2.33. The zero-order valence-corrected chi connectivity index (χ0v) is 23.4. The van der Waals surface area contributed by atoms with Crippen LogP contribution in [-0.4, -0.2) is 79.2 Å². The Kier molecular flexibility index (Phi) is 7.44. The van der Waals surface area contributed by atoms with Crippen LogP contribution in [0.4, 0.5) is 0 Å². The summed E-state index contributed by atoms with van der Waals surface area (Å²) in [5, 5.41) is 16.2. The average molecular weight is 543 g/mol. The summed E-state index contributed by atoms with van der Waals surface area (Å²) in [6.45, 7) is 6.78. The van der Waals surface area contributed by atoms with E-state index in [2.05, 4.69) is 51.2 Å². The second-order valence-corrected chi connectivity index (χ2v) is 11.6. The molecule has 6 rings (SSSR count). The van der Waals surface area contributed by atoms with Crippen molar-refractivity contribution in [2.45, 2.75) is 57.4 Å². The third-order valence-electron chi connectivity index (χ3n) is 8.38. The van der Waals surface area contributed by atoms with Crippen LogP contribution in [-0.2, 0) is 13.1 Å². The number of hydrogen-bond acceptors (Lipinski definition) is 7. The topological polar surface area (TPSA) is 88.6 Å². The van der Waals surface area contributed by atoms with Gasteiger partial charge >= 0.3 is 0 Å². The summed E-state index contributed by atoms with van der Waals surface area (Å²) in [7, 11) is 2.16. The van der Waals surface area contributed by atoms with E-state index in [9.17, 15) is 9.90 Å². The van der Waals surface area contributed by atoms with E-state index in [4.69, 9.17) is 4.74 Å². The Labute approximate surface area is 234 Å². The molecule has 4 aromatic rings. The average Bonchev–Trinajstić information content (AvgIpc) is 3.39. The maximum atomic E-state index is 13.3. The van der Waals surface area contributed by atoms with Crippen molar-refractivity contribution in [2.75, 3.05) is 33.2 Å². The van der Waals surface area contributed by atoms with Gasteiger partial charge in [-0.25, -0.2) is 9.67 Å². The Morgan fingerprint density at radius 2 is 1.70 bits per heavy atom. The Morgan fingerprint density at radius 3 is 2.40 bits per heavy atom. The van der Waals surface area contributed by atoms with Crippen molar-refractivity contribution in [3.63, 3.8) is 0 Å². The zero-order valence-electron chi connectivity index (χ0n) is 23.4. The van der Waals surface area contributed by atoms with E-state index in [-0.39, 0.29) is 12.1 Å². The van der Waals surface area contributed by atoms with Gasteiger partial charge in [-0.3, -0.25) is 14.3 Å². The van der Waals surface area contributed by atoms with Crippen LogP contribution in [0.3, 0.4) is 0 Å². The van der Waals surface area contributed by atoms with Crippen molar-refractivity contribution in [1.82, 2.24) is 29.1 Å². The van der Waals surface area contributed by atoms with Crippen LogP contribution in [0.15, 0.2) is 65.8 Å². The molecule has 2 aromatic carbocycles. The van der Waals surface area contributed by atoms with Gasteiger partial charge in [0.05, 0.1) is 24.0 Å². The van der Waals surface area contributed by atoms with E-state index < -0.39 is 5.60 Å². The molecule has 2 aliphatic rings. The van der Waals surface area contributed by atoms with Crippen LogP contribution in [0.5, 0.6) is 5.75 Å². The van der Waals surface area contributed by atoms with E-state index in [1.165, 1.54) is 16.5 Å². The van der Waals surface area contributed by atoms with Crippen LogP contribution in [0.2, 0.25) is 0 Å². The molecule has 2 saturated heterocycles. The summed E-state index contributed by atoms with van der Waals surface area (Å²) in [6, 6.07) is 16.4. The molecule has 0 spiro atoms. The minimum Gasteiger partial charge on any atom is -0.490 e. The van der Waals surface area contributed by atoms with Gasteiger partial charge in [0.2, 0.25) is 0 Å². The first-order chi connectivity index (χ1) is 19.3. The summed E-state index contributed by atoms with van der Waals surface area (Å²) in [5.41, 5.74) is 2.64. The molecule has 9 nitrogen and oxygen atoms in total. The Morgan fingerprint density at radius 1 is 1.00 bits per heavy atom. The molecule has 1 N–H and O–H groups in total. The number of piperidine rings is 2. The molecule has 0 amide bonds. The summed E-state index contributed by atoms with van der Waals surface area (Å²) in [6.07, 6.45) is 6.74. The number of rotatable bonds is 7. The molecule has 0 atom stereocenters. The van der Waals surface area contributed by atoms with Gasteiger partial charge in [0, 0.05) is 32.7 Å². The number of nitrogens with zero attached hydrogens (tertiary/aromatic N) is 6. The van der Waals surface area contributed by atoms with E-state index in [0.717, 1.165) is 62.6 Å². The number of likely N-dealkylation sites (tertiary alicyclic amines) is 2. The number of ether oxygens (including phenoxy) is 1. The van der Waals surface area contributed by atoms with Crippen LogP contribution < -0.4 is 10.3 Å². The smallest absolute Gasteiger partial charge is 0.264 e. The van der Waals surface area contributed by atoms with Crippen LogP contribution >= 0.6 is 0 Å². The molecule has 0 aliphatic carbocycles. The van der Waals surface area contributed by atoms with Gasteiger partial charge in [-0.05, 0) is 69.5 Å². The molecule has 0 radical (unpaired) electrons. The predicted octanol–water partition coefficient (Wildman–Crippen LogP) is 3.39. The summed E-state index contributed by atoms with van der Waals surface area (Å²) in [4.78, 5) is 22.5. The third-order valence-corrected chi connectivity index (χ3v) is 8.38. The number of aromatic nitrogens is 4. The number of benzene rings is 2. The maximum absolute atomic E-state index is 13.3. The zero-order chi connectivity index (χ0) is 27.7. The fraction of sp³-hybridized carbons (Fsp3) is 0.452. The number of hydrogen-bond donors (Lipinski definition) is 1. The highest BCUT2D eigenvalue weighted by molar-refractivity contribution is 5.74. The lowest BCUT2D eigenvalue weighted by Gasteiger charge is -2.38. The van der Waals surface area contributed by atoms with Gasteiger partial charge in [-0.2, -0.15) is 5.10 Å². The van der Waals surface area contributed by atoms with Crippen molar-refractivity contribution in [3.05, 3.63) is 82.5 Å². The molecule has 210 valence electrons. The van der Waals surface area contributed by atoms with Gasteiger partial charge in [0.1, 0.15) is 23.6 Å². The molecule has 4 heterocycles. The van der Waals surface area contributed by atoms with E-state index in [1.54, 1.807) is 10.9 Å². The maximum Gasteiger partial charge on any atom is 0.264 e. The third kappa shape index (κ3) is 5.82. The first kappa shape index (κ1) is 26.7. The fourth-order valence-corrected chi connectivity index (χ4v) is 5.77. The van der Waals surface area contributed by atoms with Crippen LogP contribution in [0, 0.1) is 6.92 Å². The van der Waals surface area contributed by atoms with Gasteiger partial charge in [-0.15, -0.1) is 0 Å².